The molecule has 0 spiro atoms. The summed E-state index contributed by atoms with van der Waals surface area (Å²) < 4.78 is 3.01. The molecule has 1 heterocycles. The first-order chi connectivity index (χ1) is 7.09. The summed E-state index contributed by atoms with van der Waals surface area (Å²) in [7, 11) is 0. The summed E-state index contributed by atoms with van der Waals surface area (Å²) in [6.07, 6.45) is 0. The standard InChI is InChI=1S/C12H16N2S/c1-8(2)7-14-10-6-4-5-9(3)11(10)13-12(14)15/h4-6,8H,7H2,1-3H3,(H,13,15). The van der Waals surface area contributed by atoms with Crippen LogP contribution in [0.5, 0.6) is 0 Å². The zero-order chi connectivity index (χ0) is 11.0. The Morgan fingerprint density at radius 2 is 2.13 bits per heavy atom. The Kier molecular flexibility index (Phi) is 2.65. The highest BCUT2D eigenvalue weighted by Crippen LogP contribution is 2.18. The predicted molar refractivity (Wildman–Crippen MR) is 66.7 cm³/mol. The van der Waals surface area contributed by atoms with Crippen LogP contribution in [0.1, 0.15) is 19.4 Å². The van der Waals surface area contributed by atoms with Crippen molar-refractivity contribution in [2.75, 3.05) is 0 Å². The van der Waals surface area contributed by atoms with Gasteiger partial charge in [0, 0.05) is 6.54 Å². The molecular weight excluding hydrogens is 204 g/mol. The maximum absolute atomic E-state index is 5.34. The molecular formula is C12H16N2S. The predicted octanol–water partition coefficient (Wildman–Crippen LogP) is 3.66. The number of aromatic nitrogens is 2. The molecule has 0 amide bonds. The van der Waals surface area contributed by atoms with Crippen molar-refractivity contribution in [2.45, 2.75) is 27.3 Å². The fourth-order valence-corrected chi connectivity index (χ4v) is 2.14. The number of aryl methyl sites for hydroxylation is 1. The lowest BCUT2D eigenvalue weighted by molar-refractivity contribution is 0.529. The maximum Gasteiger partial charge on any atom is 0.178 e. The van der Waals surface area contributed by atoms with Gasteiger partial charge >= 0.3 is 0 Å². The van der Waals surface area contributed by atoms with Crippen LogP contribution in [-0.2, 0) is 6.54 Å². The van der Waals surface area contributed by atoms with Crippen LogP contribution in [0.3, 0.4) is 0 Å². The van der Waals surface area contributed by atoms with Gasteiger partial charge in [-0.25, -0.2) is 0 Å². The molecule has 0 bridgehead atoms. The lowest BCUT2D eigenvalue weighted by Gasteiger charge is -2.07. The third-order valence-corrected chi connectivity index (χ3v) is 2.89. The van der Waals surface area contributed by atoms with E-state index in [4.69, 9.17) is 12.2 Å². The molecule has 2 nitrogen and oxygen atoms in total. The summed E-state index contributed by atoms with van der Waals surface area (Å²) in [5.41, 5.74) is 3.64. The highest BCUT2D eigenvalue weighted by Gasteiger charge is 2.06. The van der Waals surface area contributed by atoms with Gasteiger partial charge in [0.2, 0.25) is 0 Å². The summed E-state index contributed by atoms with van der Waals surface area (Å²) >= 11 is 5.34. The fraction of sp³-hybridized carbons (Fsp3) is 0.417. The smallest absolute Gasteiger partial charge is 0.178 e. The average molecular weight is 220 g/mol. The van der Waals surface area contributed by atoms with Crippen LogP contribution in [-0.4, -0.2) is 9.55 Å². The minimum atomic E-state index is 0.608. The van der Waals surface area contributed by atoms with E-state index >= 15 is 0 Å². The van der Waals surface area contributed by atoms with Crippen molar-refractivity contribution in [1.29, 1.82) is 0 Å². The van der Waals surface area contributed by atoms with E-state index in [-0.39, 0.29) is 0 Å². The van der Waals surface area contributed by atoms with Crippen molar-refractivity contribution in [3.05, 3.63) is 28.5 Å². The molecule has 0 fully saturated rings. The maximum atomic E-state index is 5.34. The Labute approximate surface area is 94.9 Å². The molecule has 3 heteroatoms. The van der Waals surface area contributed by atoms with Crippen molar-refractivity contribution in [1.82, 2.24) is 9.55 Å². The van der Waals surface area contributed by atoms with Crippen LogP contribution in [0, 0.1) is 17.6 Å². The van der Waals surface area contributed by atoms with E-state index < -0.39 is 0 Å². The van der Waals surface area contributed by atoms with E-state index in [2.05, 4.69) is 48.5 Å². The Balaban J connectivity index is 2.69. The molecule has 2 rings (SSSR count). The number of hydrogen-bond donors (Lipinski definition) is 1. The zero-order valence-corrected chi connectivity index (χ0v) is 10.2. The SMILES string of the molecule is Cc1cccc2c1[nH]c(=S)n2CC(C)C. The van der Waals surface area contributed by atoms with Crippen LogP contribution in [0.15, 0.2) is 18.2 Å². The number of benzene rings is 1. The first-order valence-corrected chi connectivity index (χ1v) is 5.68. The van der Waals surface area contributed by atoms with E-state index in [0.717, 1.165) is 11.3 Å². The van der Waals surface area contributed by atoms with Gasteiger partial charge in [-0.3, -0.25) is 0 Å². The number of imidazole rings is 1. The Hall–Kier alpha value is -1.09. The third-order valence-electron chi connectivity index (χ3n) is 2.57. The van der Waals surface area contributed by atoms with Crippen LogP contribution in [0.2, 0.25) is 0 Å². The number of nitrogens with zero attached hydrogens (tertiary/aromatic N) is 1. The topological polar surface area (TPSA) is 20.7 Å². The van der Waals surface area contributed by atoms with Gasteiger partial charge in [0.15, 0.2) is 4.77 Å². The molecule has 0 saturated carbocycles. The number of aromatic amines is 1. The second-order valence-electron chi connectivity index (χ2n) is 4.40. The number of para-hydroxylation sites is 1. The molecule has 0 unspecified atom stereocenters. The Bertz CT molecular complexity index is 534. The number of rotatable bonds is 2. The molecule has 0 aliphatic heterocycles. The summed E-state index contributed by atoms with van der Waals surface area (Å²) in [4.78, 5) is 3.28. The number of fused-ring (bicyclic) bond motifs is 1. The van der Waals surface area contributed by atoms with Crippen molar-refractivity contribution in [3.63, 3.8) is 0 Å². The van der Waals surface area contributed by atoms with Gasteiger partial charge in [-0.15, -0.1) is 0 Å². The van der Waals surface area contributed by atoms with E-state index in [0.29, 0.717) is 5.92 Å². The van der Waals surface area contributed by atoms with Crippen LogP contribution in [0.4, 0.5) is 0 Å². The van der Waals surface area contributed by atoms with E-state index in [1.54, 1.807) is 0 Å². The van der Waals surface area contributed by atoms with Crippen molar-refractivity contribution >= 4 is 23.3 Å². The van der Waals surface area contributed by atoms with Crippen molar-refractivity contribution in [2.24, 2.45) is 5.92 Å². The largest absolute Gasteiger partial charge is 0.330 e. The average Bonchev–Trinajstić information content (AvgIpc) is 2.45. The second-order valence-corrected chi connectivity index (χ2v) is 4.79. The Morgan fingerprint density at radius 3 is 2.80 bits per heavy atom. The van der Waals surface area contributed by atoms with E-state index in [9.17, 15) is 0 Å². The van der Waals surface area contributed by atoms with Gasteiger partial charge in [0.1, 0.15) is 0 Å². The number of nitrogens with one attached hydrogen (secondary N) is 1. The zero-order valence-electron chi connectivity index (χ0n) is 9.37. The van der Waals surface area contributed by atoms with Gasteiger partial charge < -0.3 is 9.55 Å². The molecule has 0 aliphatic rings. The molecule has 1 aromatic carbocycles. The normalized spacial score (nSPS) is 11.5. The summed E-state index contributed by atoms with van der Waals surface area (Å²) in [6, 6.07) is 6.31. The third kappa shape index (κ3) is 1.84. The summed E-state index contributed by atoms with van der Waals surface area (Å²) in [5, 5.41) is 0. The fourth-order valence-electron chi connectivity index (χ4n) is 1.87. The first kappa shape index (κ1) is 10.4. The number of H-pyrrole nitrogens is 1. The molecule has 80 valence electrons. The molecule has 0 radical (unpaired) electrons. The van der Waals surface area contributed by atoms with Crippen LogP contribution in [0.25, 0.3) is 11.0 Å². The van der Waals surface area contributed by atoms with Gasteiger partial charge in [-0.05, 0) is 36.7 Å². The molecule has 2 aromatic rings. The first-order valence-electron chi connectivity index (χ1n) is 5.27. The van der Waals surface area contributed by atoms with Gasteiger partial charge in [0.05, 0.1) is 11.0 Å². The Morgan fingerprint density at radius 1 is 1.40 bits per heavy atom. The lowest BCUT2D eigenvalue weighted by atomic mass is 10.2. The molecule has 0 saturated heterocycles. The molecule has 1 aromatic heterocycles. The van der Waals surface area contributed by atoms with E-state index in [1.165, 1.54) is 16.6 Å². The highest BCUT2D eigenvalue weighted by atomic mass is 32.1. The minimum absolute atomic E-state index is 0.608. The monoisotopic (exact) mass is 220 g/mol. The second kappa shape index (κ2) is 3.81. The van der Waals surface area contributed by atoms with Gasteiger partial charge in [0.25, 0.3) is 0 Å². The van der Waals surface area contributed by atoms with Crippen molar-refractivity contribution < 1.29 is 0 Å². The quantitative estimate of drug-likeness (QED) is 0.766. The molecule has 0 aliphatic carbocycles. The summed E-state index contributed by atoms with van der Waals surface area (Å²) in [6.45, 7) is 7.49. The summed E-state index contributed by atoms with van der Waals surface area (Å²) in [5.74, 6) is 0.608. The molecule has 0 atom stereocenters. The van der Waals surface area contributed by atoms with Gasteiger partial charge in [-0.2, -0.15) is 0 Å². The van der Waals surface area contributed by atoms with E-state index in [1.807, 2.05) is 0 Å². The van der Waals surface area contributed by atoms with Gasteiger partial charge in [-0.1, -0.05) is 26.0 Å². The minimum Gasteiger partial charge on any atom is -0.330 e. The van der Waals surface area contributed by atoms with Crippen molar-refractivity contribution in [3.8, 4) is 0 Å². The molecule has 1 N–H and O–H groups in total. The van der Waals surface area contributed by atoms with Crippen LogP contribution < -0.4 is 0 Å². The lowest BCUT2D eigenvalue weighted by Crippen LogP contribution is -2.03. The number of hydrogen-bond acceptors (Lipinski definition) is 1. The van der Waals surface area contributed by atoms with Crippen LogP contribution >= 0.6 is 12.2 Å². The molecule has 15 heavy (non-hydrogen) atoms. The highest BCUT2D eigenvalue weighted by molar-refractivity contribution is 7.71.